The van der Waals surface area contributed by atoms with Crippen LogP contribution in [0.4, 0.5) is 0 Å². The maximum Gasteiger partial charge on any atom is 0.257 e. The predicted octanol–water partition coefficient (Wildman–Crippen LogP) is 2.19. The Morgan fingerprint density at radius 3 is 2.80 bits per heavy atom. The molecule has 0 aliphatic heterocycles. The molecule has 128 valence electrons. The lowest BCUT2D eigenvalue weighted by Crippen LogP contribution is -2.19. The third-order valence-electron chi connectivity index (χ3n) is 3.16. The molecule has 0 saturated heterocycles. The Kier molecular flexibility index (Phi) is 4.75. The summed E-state index contributed by atoms with van der Waals surface area (Å²) in [6.07, 6.45) is 1.15. The smallest absolute Gasteiger partial charge is 0.257 e. The number of aromatic nitrogens is 1. The highest BCUT2D eigenvalue weighted by atomic mass is 32.2. The van der Waals surface area contributed by atoms with Crippen LogP contribution in [0.3, 0.4) is 0 Å². The van der Waals surface area contributed by atoms with E-state index in [4.69, 9.17) is 4.42 Å². The van der Waals surface area contributed by atoms with Crippen molar-refractivity contribution in [1.82, 2.24) is 10.4 Å². The van der Waals surface area contributed by atoms with Crippen molar-refractivity contribution in [3.8, 4) is 17.2 Å². The fourth-order valence-electron chi connectivity index (χ4n) is 1.93. The molecule has 4 N–H and O–H groups in total. The van der Waals surface area contributed by atoms with Gasteiger partial charge in [-0.2, -0.15) is 5.10 Å². The monoisotopic (exact) mass is 359 g/mol. The van der Waals surface area contributed by atoms with Crippen molar-refractivity contribution in [3.05, 3.63) is 42.0 Å². The van der Waals surface area contributed by atoms with Gasteiger partial charge in [0, 0.05) is 5.56 Å². The average Bonchev–Trinajstić information content (AvgIpc) is 3.03. The molecule has 9 heteroatoms. The number of hydrogen-bond acceptors (Lipinski definition) is 8. The second kappa shape index (κ2) is 7.14. The van der Waals surface area contributed by atoms with E-state index < -0.39 is 23.2 Å². The molecule has 0 unspecified atom stereocenters. The molecule has 0 aliphatic carbocycles. The quantitative estimate of drug-likeness (QED) is 0.238. The van der Waals surface area contributed by atoms with E-state index in [2.05, 4.69) is 15.5 Å². The third kappa shape index (κ3) is 3.83. The minimum absolute atomic E-state index is 0.0387. The molecule has 1 aromatic heterocycles. The molecule has 0 saturated carbocycles. The molecule has 0 fully saturated rings. The van der Waals surface area contributed by atoms with Crippen LogP contribution in [0.1, 0.15) is 5.56 Å². The van der Waals surface area contributed by atoms with Crippen molar-refractivity contribution >= 4 is 35.0 Å². The maximum atomic E-state index is 11.8. The van der Waals surface area contributed by atoms with Gasteiger partial charge in [0.05, 0.1) is 12.0 Å². The number of nitrogens with one attached hydrogen (secondary N) is 1. The molecule has 0 aliphatic rings. The molecule has 3 rings (SSSR count). The number of fused-ring (bicyclic) bond motifs is 1. The summed E-state index contributed by atoms with van der Waals surface area (Å²) in [4.78, 5) is 16.0. The number of phenolic OH excluding ortho intramolecular Hbond substituents is 3. The highest BCUT2D eigenvalue weighted by molar-refractivity contribution is 7.99. The Balaban J connectivity index is 1.55. The van der Waals surface area contributed by atoms with Gasteiger partial charge >= 0.3 is 0 Å². The molecule has 8 nitrogen and oxygen atoms in total. The van der Waals surface area contributed by atoms with Gasteiger partial charge in [-0.25, -0.2) is 10.4 Å². The molecule has 1 amide bonds. The highest BCUT2D eigenvalue weighted by Crippen LogP contribution is 2.36. The minimum atomic E-state index is -0.651. The third-order valence-corrected chi connectivity index (χ3v) is 3.98. The second-order valence-corrected chi connectivity index (χ2v) is 5.83. The zero-order valence-corrected chi connectivity index (χ0v) is 13.5. The molecular weight excluding hydrogens is 346 g/mol. The summed E-state index contributed by atoms with van der Waals surface area (Å²) < 4.78 is 5.48. The largest absolute Gasteiger partial charge is 0.504 e. The van der Waals surface area contributed by atoms with Crippen LogP contribution in [0.25, 0.3) is 11.1 Å². The van der Waals surface area contributed by atoms with Gasteiger partial charge in [0.15, 0.2) is 17.1 Å². The van der Waals surface area contributed by atoms with E-state index >= 15 is 0 Å². The number of aromatic hydroxyl groups is 3. The zero-order valence-electron chi connectivity index (χ0n) is 12.7. The standard InChI is InChI=1S/C16H13N3O5S/c20-11-6-5-9(14(22)15(11)23)7-17-19-13(21)8-25-16-18-10-3-1-2-4-12(10)24-16/h1-7,20,22-23H,8H2,(H,19,21)/b17-7+. The Labute approximate surface area is 145 Å². The average molecular weight is 359 g/mol. The fraction of sp³-hybridized carbons (Fsp3) is 0.0625. The van der Waals surface area contributed by atoms with Crippen molar-refractivity contribution in [1.29, 1.82) is 0 Å². The number of hydrazone groups is 1. The lowest BCUT2D eigenvalue weighted by Gasteiger charge is -2.03. The number of benzene rings is 2. The molecule has 0 spiro atoms. The van der Waals surface area contributed by atoms with E-state index in [1.54, 1.807) is 6.07 Å². The number of carbonyl (C=O) groups is 1. The van der Waals surface area contributed by atoms with Crippen molar-refractivity contribution in [2.75, 3.05) is 5.75 Å². The van der Waals surface area contributed by atoms with Crippen LogP contribution in [0.15, 0.2) is 51.1 Å². The van der Waals surface area contributed by atoms with Crippen molar-refractivity contribution in [2.24, 2.45) is 5.10 Å². The van der Waals surface area contributed by atoms with Gasteiger partial charge in [-0.15, -0.1) is 0 Å². The summed E-state index contributed by atoms with van der Waals surface area (Å²) >= 11 is 1.12. The summed E-state index contributed by atoms with van der Waals surface area (Å²) in [5.41, 5.74) is 3.78. The van der Waals surface area contributed by atoms with Gasteiger partial charge in [-0.05, 0) is 24.3 Å². The normalized spacial score (nSPS) is 11.2. The van der Waals surface area contributed by atoms with Gasteiger partial charge in [-0.3, -0.25) is 4.79 Å². The number of amides is 1. The lowest BCUT2D eigenvalue weighted by molar-refractivity contribution is -0.118. The molecule has 0 atom stereocenters. The molecule has 3 aromatic rings. The van der Waals surface area contributed by atoms with Crippen LogP contribution in [0.2, 0.25) is 0 Å². The van der Waals surface area contributed by atoms with E-state index in [-0.39, 0.29) is 11.3 Å². The summed E-state index contributed by atoms with van der Waals surface area (Å²) in [5, 5.41) is 32.3. The second-order valence-electron chi connectivity index (χ2n) is 4.90. The van der Waals surface area contributed by atoms with Crippen LogP contribution >= 0.6 is 11.8 Å². The maximum absolute atomic E-state index is 11.8. The number of hydrogen-bond donors (Lipinski definition) is 4. The first-order chi connectivity index (χ1) is 12.0. The summed E-state index contributed by atoms with van der Waals surface area (Å²) in [5.74, 6) is -1.99. The number of nitrogens with zero attached hydrogens (tertiary/aromatic N) is 2. The molecule has 0 radical (unpaired) electrons. The van der Waals surface area contributed by atoms with Gasteiger partial charge in [0.25, 0.3) is 11.1 Å². The molecule has 2 aromatic carbocycles. The Bertz CT molecular complexity index is 921. The lowest BCUT2D eigenvalue weighted by atomic mass is 10.2. The van der Waals surface area contributed by atoms with E-state index in [1.165, 1.54) is 12.1 Å². The predicted molar refractivity (Wildman–Crippen MR) is 91.9 cm³/mol. The van der Waals surface area contributed by atoms with E-state index in [0.717, 1.165) is 18.0 Å². The fourth-order valence-corrected chi connectivity index (χ4v) is 2.57. The number of oxazole rings is 1. The molecule has 25 heavy (non-hydrogen) atoms. The number of carbonyl (C=O) groups excluding carboxylic acids is 1. The van der Waals surface area contributed by atoms with Crippen LogP contribution in [0.5, 0.6) is 17.2 Å². The summed E-state index contributed by atoms with van der Waals surface area (Å²) in [7, 11) is 0. The number of rotatable bonds is 5. The first-order valence-electron chi connectivity index (χ1n) is 7.09. The summed E-state index contributed by atoms with van der Waals surface area (Å²) in [6, 6.07) is 9.81. The van der Waals surface area contributed by atoms with Crippen molar-refractivity contribution < 1.29 is 24.5 Å². The SMILES string of the molecule is O=C(CSc1nc2ccccc2o1)N/N=C/c1ccc(O)c(O)c1O. The van der Waals surface area contributed by atoms with E-state index in [9.17, 15) is 20.1 Å². The Morgan fingerprint density at radius 1 is 1.20 bits per heavy atom. The first kappa shape index (κ1) is 16.7. The molecular formula is C16H13N3O5S. The highest BCUT2D eigenvalue weighted by Gasteiger charge is 2.10. The van der Waals surface area contributed by atoms with Crippen molar-refractivity contribution in [2.45, 2.75) is 5.22 Å². The minimum Gasteiger partial charge on any atom is -0.504 e. The van der Waals surface area contributed by atoms with Crippen molar-refractivity contribution in [3.63, 3.8) is 0 Å². The van der Waals surface area contributed by atoms with E-state index in [1.807, 2.05) is 18.2 Å². The number of para-hydroxylation sites is 2. The van der Waals surface area contributed by atoms with Crippen LogP contribution in [-0.4, -0.2) is 38.2 Å². The molecule has 1 heterocycles. The first-order valence-corrected chi connectivity index (χ1v) is 8.07. The van der Waals surface area contributed by atoms with Crippen LogP contribution in [0, 0.1) is 0 Å². The topological polar surface area (TPSA) is 128 Å². The number of thioether (sulfide) groups is 1. The molecule has 0 bridgehead atoms. The van der Waals surface area contributed by atoms with Gasteiger partial charge in [-0.1, -0.05) is 23.9 Å². The number of phenols is 3. The van der Waals surface area contributed by atoms with Gasteiger partial charge in [0.1, 0.15) is 5.52 Å². The van der Waals surface area contributed by atoms with Gasteiger partial charge < -0.3 is 19.7 Å². The van der Waals surface area contributed by atoms with Crippen LogP contribution < -0.4 is 5.43 Å². The zero-order chi connectivity index (χ0) is 17.8. The van der Waals surface area contributed by atoms with Gasteiger partial charge in [0.2, 0.25) is 5.75 Å². The summed E-state index contributed by atoms with van der Waals surface area (Å²) in [6.45, 7) is 0. The van der Waals surface area contributed by atoms with E-state index in [0.29, 0.717) is 16.3 Å². The van der Waals surface area contributed by atoms with Crippen LogP contribution in [-0.2, 0) is 4.79 Å². The Morgan fingerprint density at radius 2 is 2.00 bits per heavy atom. The Hall–Kier alpha value is -3.20.